The molecule has 0 fully saturated rings. The van der Waals surface area contributed by atoms with Crippen LogP contribution in [0.25, 0.3) is 33.0 Å². The Bertz CT molecular complexity index is 3740. The molecule has 4 heteroatoms. The van der Waals surface area contributed by atoms with Crippen LogP contribution >= 0.6 is 0 Å². The van der Waals surface area contributed by atoms with Crippen molar-refractivity contribution in [3.8, 4) is 22.3 Å². The molecule has 1 aliphatic heterocycles. The van der Waals surface area contributed by atoms with Crippen molar-refractivity contribution in [2.45, 2.75) is 164 Å². The first-order valence-electron chi connectivity index (χ1n) is 30.5. The van der Waals surface area contributed by atoms with Gasteiger partial charge in [0.1, 0.15) is 0 Å². The van der Waals surface area contributed by atoms with Crippen LogP contribution in [0.15, 0.2) is 170 Å². The SMILES string of the molecule is CCCCCc1ccc(N(c2ccc([C@@H](C)CCC)cc2)c2ccc3c(c2)N(c2cc4c(cc2C)C(C)(C)CCC4(C)C)c2cc(-c4c(C)cccc4C)cc(-c4cc5ccccc5cc4Nc4ccc(C(C)(C)C)cc4)c2B3)cc1. The largest absolute Gasteiger partial charge is 0.355 e. The summed E-state index contributed by atoms with van der Waals surface area (Å²) in [4.78, 5) is 5.19. The zero-order chi connectivity index (χ0) is 57.0. The molecule has 0 amide bonds. The highest BCUT2D eigenvalue weighted by atomic mass is 15.2. The van der Waals surface area contributed by atoms with Crippen LogP contribution < -0.4 is 26.0 Å². The van der Waals surface area contributed by atoms with Crippen LogP contribution in [0, 0.1) is 20.8 Å². The maximum Gasteiger partial charge on any atom is 0.198 e. The summed E-state index contributed by atoms with van der Waals surface area (Å²) in [5.74, 6) is 0.507. The zero-order valence-corrected chi connectivity index (χ0v) is 51.0. The second-order valence-electron chi connectivity index (χ2n) is 26.5. The van der Waals surface area contributed by atoms with Gasteiger partial charge in [-0.1, -0.05) is 185 Å². The molecule has 0 unspecified atom stereocenters. The highest BCUT2D eigenvalue weighted by molar-refractivity contribution is 6.73. The summed E-state index contributed by atoms with van der Waals surface area (Å²) in [7, 11) is 0.773. The van der Waals surface area contributed by atoms with Crippen LogP contribution in [-0.4, -0.2) is 7.28 Å². The van der Waals surface area contributed by atoms with Gasteiger partial charge in [-0.3, -0.25) is 0 Å². The van der Waals surface area contributed by atoms with E-state index in [0.717, 1.165) is 37.2 Å². The number of hydrogen-bond donors (Lipinski definition) is 1. The van der Waals surface area contributed by atoms with Crippen molar-refractivity contribution in [3.63, 3.8) is 0 Å². The first-order valence-corrected chi connectivity index (χ1v) is 30.5. The average molecular weight is 1060 g/mol. The van der Waals surface area contributed by atoms with Gasteiger partial charge in [0.15, 0.2) is 7.28 Å². The summed E-state index contributed by atoms with van der Waals surface area (Å²) in [5.41, 5.74) is 28.0. The van der Waals surface area contributed by atoms with E-state index in [1.165, 1.54) is 155 Å². The van der Waals surface area contributed by atoms with Gasteiger partial charge >= 0.3 is 0 Å². The van der Waals surface area contributed by atoms with E-state index in [4.69, 9.17) is 0 Å². The number of benzene rings is 9. The summed E-state index contributed by atoms with van der Waals surface area (Å²) < 4.78 is 0. The average Bonchev–Trinajstić information content (AvgIpc) is 2.80. The van der Waals surface area contributed by atoms with E-state index in [1.807, 2.05) is 0 Å². The molecule has 2 aliphatic rings. The van der Waals surface area contributed by atoms with Gasteiger partial charge in [-0.15, -0.1) is 0 Å². The lowest BCUT2D eigenvalue weighted by atomic mass is 9.57. The molecule has 1 aliphatic carbocycles. The number of anilines is 8. The molecular weight excluding hydrogens is 978 g/mol. The molecule has 0 radical (unpaired) electrons. The van der Waals surface area contributed by atoms with Gasteiger partial charge in [-0.25, -0.2) is 0 Å². The van der Waals surface area contributed by atoms with Crippen molar-refractivity contribution in [3.05, 3.63) is 214 Å². The molecule has 0 saturated carbocycles. The summed E-state index contributed by atoms with van der Waals surface area (Å²) in [6, 6.07) is 66.0. The first kappa shape index (κ1) is 55.6. The summed E-state index contributed by atoms with van der Waals surface area (Å²) in [6.07, 6.45) is 9.47. The Labute approximate surface area is 487 Å². The second kappa shape index (κ2) is 22.2. The number of nitrogens with one attached hydrogen (secondary N) is 1. The van der Waals surface area contributed by atoms with Gasteiger partial charge in [0.2, 0.25) is 0 Å². The van der Waals surface area contributed by atoms with Crippen molar-refractivity contribution in [2.75, 3.05) is 15.1 Å². The number of aryl methyl sites for hydroxylation is 4. The number of unbranched alkanes of at least 4 members (excludes halogenated alkanes) is 2. The molecule has 11 rings (SSSR count). The molecule has 1 N–H and O–H groups in total. The quantitative estimate of drug-likeness (QED) is 0.0815. The van der Waals surface area contributed by atoms with E-state index in [0.29, 0.717) is 5.92 Å². The van der Waals surface area contributed by atoms with Crippen molar-refractivity contribution < 1.29 is 0 Å². The van der Waals surface area contributed by atoms with Gasteiger partial charge in [0, 0.05) is 51.1 Å². The minimum Gasteiger partial charge on any atom is -0.355 e. The Hall–Kier alpha value is -7.30. The molecule has 9 aromatic carbocycles. The molecule has 412 valence electrons. The van der Waals surface area contributed by atoms with Crippen LogP contribution in [0.4, 0.5) is 45.5 Å². The van der Waals surface area contributed by atoms with E-state index in [-0.39, 0.29) is 16.2 Å². The predicted molar refractivity (Wildman–Crippen MR) is 355 cm³/mol. The lowest BCUT2D eigenvalue weighted by molar-refractivity contribution is 0.332. The lowest BCUT2D eigenvalue weighted by Crippen LogP contribution is -2.41. The second-order valence-corrected chi connectivity index (χ2v) is 26.5. The van der Waals surface area contributed by atoms with Crippen molar-refractivity contribution in [1.29, 1.82) is 0 Å². The molecule has 81 heavy (non-hydrogen) atoms. The summed E-state index contributed by atoms with van der Waals surface area (Å²) in [5, 5.41) is 6.45. The normalized spacial score (nSPS) is 14.7. The fourth-order valence-electron chi connectivity index (χ4n) is 13.4. The smallest absolute Gasteiger partial charge is 0.198 e. The monoisotopic (exact) mass is 1060 g/mol. The number of fused-ring (bicyclic) bond motifs is 4. The molecule has 3 nitrogen and oxygen atoms in total. The Balaban J connectivity index is 1.18. The van der Waals surface area contributed by atoms with Crippen LogP contribution in [0.5, 0.6) is 0 Å². The highest BCUT2D eigenvalue weighted by Gasteiger charge is 2.39. The molecule has 1 atom stereocenters. The van der Waals surface area contributed by atoms with Gasteiger partial charge in [0.05, 0.1) is 0 Å². The predicted octanol–water partition coefficient (Wildman–Crippen LogP) is 20.8. The van der Waals surface area contributed by atoms with E-state index >= 15 is 0 Å². The highest BCUT2D eigenvalue weighted by Crippen LogP contribution is 2.51. The molecule has 9 aromatic rings. The van der Waals surface area contributed by atoms with Crippen molar-refractivity contribution in [1.82, 2.24) is 0 Å². The van der Waals surface area contributed by atoms with Gasteiger partial charge in [-0.05, 0) is 231 Å². The standard InChI is InChI=1S/C77H86BN3/c1-14-16-17-24-54-27-35-61(36-28-54)80(62-37-29-55(30-38-62)50(3)21-15-2)63-39-40-68-71(48-63)81(70-49-67-66(43-53(70)6)76(10,11)41-42-77(67,12)13)72-47-58(73-51(4)22-20-23-52(73)5)45-65(74(72)78-68)64-44-56-25-18-19-26-57(56)46-69(64)79-60-33-31-59(32-34-60)75(7,8)9/h18-20,22-23,25-40,43-50,78-79H,14-17,21,24,41-42H2,1-13H3/t50-/m0/s1. The third-order valence-electron chi connectivity index (χ3n) is 18.5. The van der Waals surface area contributed by atoms with E-state index < -0.39 is 0 Å². The number of rotatable bonds is 15. The zero-order valence-electron chi connectivity index (χ0n) is 51.0. The molecule has 1 heterocycles. The van der Waals surface area contributed by atoms with E-state index in [1.54, 1.807) is 0 Å². The number of hydrogen-bond acceptors (Lipinski definition) is 3. The Morgan fingerprint density at radius 3 is 1.85 bits per heavy atom. The minimum atomic E-state index is 0.0128. The minimum absolute atomic E-state index is 0.0128. The van der Waals surface area contributed by atoms with Crippen LogP contribution in [0.3, 0.4) is 0 Å². The molecule has 0 saturated heterocycles. The topological polar surface area (TPSA) is 18.5 Å². The van der Waals surface area contributed by atoms with Crippen molar-refractivity contribution >= 4 is 74.5 Å². The van der Waals surface area contributed by atoms with Gasteiger partial charge in [-0.2, -0.15) is 0 Å². The Morgan fingerprint density at radius 2 is 1.21 bits per heavy atom. The van der Waals surface area contributed by atoms with Crippen LogP contribution in [0.2, 0.25) is 0 Å². The fourth-order valence-corrected chi connectivity index (χ4v) is 13.4. The van der Waals surface area contributed by atoms with Crippen LogP contribution in [-0.2, 0) is 22.7 Å². The van der Waals surface area contributed by atoms with Crippen molar-refractivity contribution in [2.24, 2.45) is 0 Å². The maximum atomic E-state index is 4.02. The lowest BCUT2D eigenvalue weighted by Gasteiger charge is -2.44. The molecular formula is C77H86BN3. The summed E-state index contributed by atoms with van der Waals surface area (Å²) >= 11 is 0. The molecule has 0 spiro atoms. The molecule has 0 aromatic heterocycles. The fraction of sp³-hybridized carbons (Fsp3) is 0.325. The molecule has 0 bridgehead atoms. The van der Waals surface area contributed by atoms with Gasteiger partial charge < -0.3 is 15.1 Å². The summed E-state index contributed by atoms with van der Waals surface area (Å²) in [6.45, 7) is 30.6. The third kappa shape index (κ3) is 11.0. The Morgan fingerprint density at radius 1 is 0.580 bits per heavy atom. The number of nitrogens with zero attached hydrogens (tertiary/aromatic N) is 2. The van der Waals surface area contributed by atoms with E-state index in [9.17, 15) is 0 Å². The van der Waals surface area contributed by atoms with Crippen LogP contribution in [0.1, 0.15) is 165 Å². The maximum absolute atomic E-state index is 4.02. The Kier molecular flexibility index (Phi) is 15.3. The third-order valence-corrected chi connectivity index (χ3v) is 18.5. The van der Waals surface area contributed by atoms with Gasteiger partial charge in [0.25, 0.3) is 0 Å². The van der Waals surface area contributed by atoms with E-state index in [2.05, 4.69) is 275 Å². The first-order chi connectivity index (χ1) is 38.8.